The van der Waals surface area contributed by atoms with Crippen molar-refractivity contribution in [3.8, 4) is 5.75 Å². The summed E-state index contributed by atoms with van der Waals surface area (Å²) in [5.41, 5.74) is 0.717. The van der Waals surface area contributed by atoms with Gasteiger partial charge >= 0.3 is 0 Å². The molecule has 1 aromatic carbocycles. The number of aromatic hydroxyl groups is 1. The van der Waals surface area contributed by atoms with Gasteiger partial charge in [-0.2, -0.15) is 0 Å². The maximum Gasteiger partial charge on any atom is 0.261 e. The van der Waals surface area contributed by atoms with E-state index in [1.807, 2.05) is 23.6 Å². The van der Waals surface area contributed by atoms with Gasteiger partial charge in [0.25, 0.3) is 5.91 Å². The van der Waals surface area contributed by atoms with Crippen molar-refractivity contribution in [2.45, 2.75) is 6.54 Å². The number of amides is 1. The fourth-order valence-corrected chi connectivity index (χ4v) is 3.83. The van der Waals surface area contributed by atoms with Crippen LogP contribution in [0, 0.1) is 0 Å². The number of hydrogen-bond acceptors (Lipinski definition) is 4. The Bertz CT molecular complexity index is 701. The summed E-state index contributed by atoms with van der Waals surface area (Å²) in [5, 5.41) is 14.5. The number of nitrogens with one attached hydrogen (secondary N) is 1. The van der Waals surface area contributed by atoms with Gasteiger partial charge in [-0.3, -0.25) is 4.79 Å². The van der Waals surface area contributed by atoms with Gasteiger partial charge in [-0.05, 0) is 23.6 Å². The Labute approximate surface area is 118 Å². The molecule has 0 radical (unpaired) electrons. The molecule has 2 aromatic heterocycles. The lowest BCUT2D eigenvalue weighted by atomic mass is 10.2. The summed E-state index contributed by atoms with van der Waals surface area (Å²) in [6.45, 7) is 0.330. The Morgan fingerprint density at radius 1 is 1.21 bits per heavy atom. The first-order chi connectivity index (χ1) is 9.24. The van der Waals surface area contributed by atoms with Gasteiger partial charge < -0.3 is 10.4 Å². The van der Waals surface area contributed by atoms with Gasteiger partial charge in [0.1, 0.15) is 5.75 Å². The zero-order valence-corrected chi connectivity index (χ0v) is 11.6. The summed E-state index contributed by atoms with van der Waals surface area (Å²) in [4.78, 5) is 12.7. The maximum absolute atomic E-state index is 12.0. The Balaban J connectivity index is 1.72. The molecule has 96 valence electrons. The highest BCUT2D eigenvalue weighted by Gasteiger charge is 2.11. The highest BCUT2D eigenvalue weighted by atomic mass is 32.1. The lowest BCUT2D eigenvalue weighted by molar-refractivity contribution is 0.0955. The zero-order chi connectivity index (χ0) is 13.2. The molecule has 3 rings (SSSR count). The average molecular weight is 289 g/mol. The van der Waals surface area contributed by atoms with E-state index in [2.05, 4.69) is 5.32 Å². The number of phenols is 1. The first-order valence-electron chi connectivity index (χ1n) is 5.76. The molecule has 0 fully saturated rings. The molecule has 0 atom stereocenters. The van der Waals surface area contributed by atoms with E-state index < -0.39 is 0 Å². The summed E-state index contributed by atoms with van der Waals surface area (Å²) in [6, 6.07) is 10.9. The molecule has 3 aromatic rings. The second kappa shape index (κ2) is 5.03. The maximum atomic E-state index is 12.0. The minimum Gasteiger partial charge on any atom is -0.508 e. The molecule has 0 bridgehead atoms. The van der Waals surface area contributed by atoms with Crippen molar-refractivity contribution in [1.82, 2.24) is 5.32 Å². The monoisotopic (exact) mass is 289 g/mol. The van der Waals surface area contributed by atoms with E-state index in [1.165, 1.54) is 11.3 Å². The predicted molar refractivity (Wildman–Crippen MR) is 79.0 cm³/mol. The summed E-state index contributed by atoms with van der Waals surface area (Å²) >= 11 is 3.12. The minimum absolute atomic E-state index is 0.100. The van der Waals surface area contributed by atoms with Crippen molar-refractivity contribution >= 4 is 38.0 Å². The largest absolute Gasteiger partial charge is 0.508 e. The van der Waals surface area contributed by atoms with E-state index in [-0.39, 0.29) is 11.7 Å². The molecule has 0 aliphatic carbocycles. The van der Waals surface area contributed by atoms with Crippen LogP contribution in [0.4, 0.5) is 0 Å². The number of benzene rings is 1. The predicted octanol–water partition coefficient (Wildman–Crippen LogP) is 3.60. The van der Waals surface area contributed by atoms with Crippen molar-refractivity contribution < 1.29 is 9.90 Å². The first-order valence-corrected chi connectivity index (χ1v) is 7.46. The zero-order valence-electron chi connectivity index (χ0n) is 9.92. The molecule has 2 N–H and O–H groups in total. The minimum atomic E-state index is -0.100. The normalized spacial score (nSPS) is 10.7. The van der Waals surface area contributed by atoms with E-state index in [0.29, 0.717) is 17.0 Å². The Hall–Kier alpha value is -1.85. The second-order valence-electron chi connectivity index (χ2n) is 4.07. The van der Waals surface area contributed by atoms with Crippen LogP contribution in [-0.4, -0.2) is 11.0 Å². The second-order valence-corrected chi connectivity index (χ2v) is 6.10. The van der Waals surface area contributed by atoms with E-state index in [1.54, 1.807) is 29.5 Å². The standard InChI is InChI=1S/C14H11NO2S2/c16-10-4-2-1-3-9(10)8-15-14(17)13-7-12-11(19-13)5-6-18-12/h1-7,16H,8H2,(H,15,17). The number of fused-ring (bicyclic) bond motifs is 1. The van der Waals surface area contributed by atoms with E-state index in [4.69, 9.17) is 0 Å². The molecule has 0 aliphatic rings. The SMILES string of the molecule is O=C(NCc1ccccc1O)c1cc2sccc2s1. The van der Waals surface area contributed by atoms with Crippen molar-refractivity contribution in [3.05, 3.63) is 52.2 Å². The fourth-order valence-electron chi connectivity index (χ4n) is 1.80. The molecule has 0 saturated heterocycles. The van der Waals surface area contributed by atoms with Crippen molar-refractivity contribution in [2.24, 2.45) is 0 Å². The summed E-state index contributed by atoms with van der Waals surface area (Å²) in [7, 11) is 0. The number of carbonyl (C=O) groups excluding carboxylic acids is 1. The van der Waals surface area contributed by atoms with Crippen LogP contribution in [0.15, 0.2) is 41.8 Å². The van der Waals surface area contributed by atoms with Gasteiger partial charge in [-0.25, -0.2) is 0 Å². The van der Waals surface area contributed by atoms with Gasteiger partial charge in [0, 0.05) is 21.5 Å². The third-order valence-corrected chi connectivity index (χ3v) is 4.89. The van der Waals surface area contributed by atoms with E-state index >= 15 is 0 Å². The van der Waals surface area contributed by atoms with Crippen molar-refractivity contribution in [2.75, 3.05) is 0 Å². The Kier molecular flexibility index (Phi) is 3.23. The van der Waals surface area contributed by atoms with E-state index in [9.17, 15) is 9.90 Å². The third kappa shape index (κ3) is 2.47. The van der Waals surface area contributed by atoms with Gasteiger partial charge in [0.05, 0.1) is 4.88 Å². The highest BCUT2D eigenvalue weighted by molar-refractivity contribution is 7.27. The van der Waals surface area contributed by atoms with Crippen molar-refractivity contribution in [1.29, 1.82) is 0 Å². The van der Waals surface area contributed by atoms with Crippen LogP contribution in [-0.2, 0) is 6.54 Å². The van der Waals surface area contributed by atoms with Gasteiger partial charge in [0.15, 0.2) is 0 Å². The van der Waals surface area contributed by atoms with Crippen LogP contribution >= 0.6 is 22.7 Å². The summed E-state index contributed by atoms with van der Waals surface area (Å²) in [5.74, 6) is 0.103. The molecule has 1 amide bonds. The fraction of sp³-hybridized carbons (Fsp3) is 0.0714. The van der Waals surface area contributed by atoms with Gasteiger partial charge in [-0.15, -0.1) is 22.7 Å². The third-order valence-electron chi connectivity index (χ3n) is 2.79. The molecule has 0 unspecified atom stereocenters. The number of para-hydroxylation sites is 1. The summed E-state index contributed by atoms with van der Waals surface area (Å²) in [6.07, 6.45) is 0. The smallest absolute Gasteiger partial charge is 0.261 e. The van der Waals surface area contributed by atoms with Crippen LogP contribution in [0.1, 0.15) is 15.2 Å². The Morgan fingerprint density at radius 3 is 2.84 bits per heavy atom. The highest BCUT2D eigenvalue weighted by Crippen LogP contribution is 2.29. The van der Waals surface area contributed by atoms with Gasteiger partial charge in [-0.1, -0.05) is 18.2 Å². The molecule has 0 saturated carbocycles. The number of thiophene rings is 2. The first kappa shape index (κ1) is 12.2. The van der Waals surface area contributed by atoms with Crippen LogP contribution in [0.5, 0.6) is 5.75 Å². The molecule has 5 heteroatoms. The molecule has 19 heavy (non-hydrogen) atoms. The average Bonchev–Trinajstić information content (AvgIpc) is 2.98. The van der Waals surface area contributed by atoms with Crippen LogP contribution in [0.3, 0.4) is 0 Å². The van der Waals surface area contributed by atoms with Gasteiger partial charge in [0.2, 0.25) is 0 Å². The molecule has 0 spiro atoms. The molecular formula is C14H11NO2S2. The number of rotatable bonds is 3. The summed E-state index contributed by atoms with van der Waals surface area (Å²) < 4.78 is 2.27. The lowest BCUT2D eigenvalue weighted by Gasteiger charge is -2.05. The molecular weight excluding hydrogens is 278 g/mol. The Morgan fingerprint density at radius 2 is 2.05 bits per heavy atom. The number of hydrogen-bond donors (Lipinski definition) is 2. The van der Waals surface area contributed by atoms with Crippen LogP contribution < -0.4 is 5.32 Å². The molecule has 0 aliphatic heterocycles. The topological polar surface area (TPSA) is 49.3 Å². The van der Waals surface area contributed by atoms with Crippen molar-refractivity contribution in [3.63, 3.8) is 0 Å². The number of carbonyl (C=O) groups is 1. The lowest BCUT2D eigenvalue weighted by Crippen LogP contribution is -2.21. The molecule has 3 nitrogen and oxygen atoms in total. The quantitative estimate of drug-likeness (QED) is 0.774. The number of phenolic OH excluding ortho intramolecular Hbond substituents is 1. The van der Waals surface area contributed by atoms with E-state index in [0.717, 1.165) is 9.40 Å². The molecule has 2 heterocycles. The van der Waals surface area contributed by atoms with Crippen LogP contribution in [0.2, 0.25) is 0 Å². The van der Waals surface area contributed by atoms with Crippen LogP contribution in [0.25, 0.3) is 9.40 Å².